The molecule has 0 bridgehead atoms. The Labute approximate surface area is 107 Å². The lowest BCUT2D eigenvalue weighted by molar-refractivity contribution is 0.923. The average Bonchev–Trinajstić information content (AvgIpc) is 3.24. The zero-order valence-electron chi connectivity index (χ0n) is 10.6. The summed E-state index contributed by atoms with van der Waals surface area (Å²) in [5.74, 6) is 2.45. The van der Waals surface area contributed by atoms with Crippen molar-refractivity contribution in [3.05, 3.63) is 35.9 Å². The summed E-state index contributed by atoms with van der Waals surface area (Å²) in [7, 11) is 1.91. The van der Waals surface area contributed by atoms with Crippen molar-refractivity contribution in [2.45, 2.75) is 25.7 Å². The third-order valence-corrected chi connectivity index (χ3v) is 3.30. The minimum atomic E-state index is 0.554. The number of aromatic nitrogens is 3. The Bertz CT molecular complexity index is 562. The summed E-state index contributed by atoms with van der Waals surface area (Å²) in [6.45, 7) is 2.05. The Hall–Kier alpha value is -1.97. The van der Waals surface area contributed by atoms with E-state index >= 15 is 0 Å². The third-order valence-electron chi connectivity index (χ3n) is 3.30. The summed E-state index contributed by atoms with van der Waals surface area (Å²) < 4.78 is 0. The van der Waals surface area contributed by atoms with Crippen molar-refractivity contribution in [3.63, 3.8) is 0 Å². The Kier molecular flexibility index (Phi) is 2.70. The molecule has 1 aliphatic rings. The van der Waals surface area contributed by atoms with E-state index in [1.54, 1.807) is 12.4 Å². The van der Waals surface area contributed by atoms with E-state index in [-0.39, 0.29) is 0 Å². The highest BCUT2D eigenvalue weighted by molar-refractivity contribution is 5.67. The van der Waals surface area contributed by atoms with E-state index in [1.807, 2.05) is 19.2 Å². The predicted molar refractivity (Wildman–Crippen MR) is 71.5 cm³/mol. The second kappa shape index (κ2) is 4.37. The first-order valence-electron chi connectivity index (χ1n) is 6.26. The standard InChI is InChI=1S/C14H16N4/c1-9-12(10-5-7-16-8-6-10)17-14(11-3-4-11)18-13(9)15-2/h5-8,11H,3-4H2,1-2H3,(H,15,17,18). The molecule has 0 aromatic carbocycles. The molecule has 18 heavy (non-hydrogen) atoms. The van der Waals surface area contributed by atoms with Crippen LogP contribution in [-0.2, 0) is 0 Å². The van der Waals surface area contributed by atoms with Crippen molar-refractivity contribution in [1.82, 2.24) is 15.0 Å². The van der Waals surface area contributed by atoms with Crippen molar-refractivity contribution in [2.24, 2.45) is 0 Å². The predicted octanol–water partition coefficient (Wildman–Crippen LogP) is 2.77. The summed E-state index contributed by atoms with van der Waals surface area (Å²) in [6, 6.07) is 3.98. The van der Waals surface area contributed by atoms with Crippen LogP contribution in [0.3, 0.4) is 0 Å². The van der Waals surface area contributed by atoms with Gasteiger partial charge in [-0.3, -0.25) is 4.98 Å². The molecule has 1 aliphatic carbocycles. The van der Waals surface area contributed by atoms with Crippen LogP contribution in [0.5, 0.6) is 0 Å². The molecule has 0 atom stereocenters. The molecular weight excluding hydrogens is 224 g/mol. The van der Waals surface area contributed by atoms with Crippen LogP contribution in [0.1, 0.15) is 30.1 Å². The third kappa shape index (κ3) is 1.94. The minimum absolute atomic E-state index is 0.554. The number of pyridine rings is 1. The summed E-state index contributed by atoms with van der Waals surface area (Å²) in [6.07, 6.45) is 6.02. The van der Waals surface area contributed by atoms with E-state index in [9.17, 15) is 0 Å². The van der Waals surface area contributed by atoms with Gasteiger partial charge in [-0.25, -0.2) is 9.97 Å². The second-order valence-electron chi connectivity index (χ2n) is 4.66. The number of anilines is 1. The molecule has 2 aromatic rings. The molecule has 4 nitrogen and oxygen atoms in total. The van der Waals surface area contributed by atoms with E-state index < -0.39 is 0 Å². The average molecular weight is 240 g/mol. The van der Waals surface area contributed by atoms with Gasteiger partial charge < -0.3 is 5.32 Å². The molecular formula is C14H16N4. The molecule has 92 valence electrons. The molecule has 0 radical (unpaired) electrons. The van der Waals surface area contributed by atoms with E-state index in [2.05, 4.69) is 22.2 Å². The molecule has 0 aliphatic heterocycles. The van der Waals surface area contributed by atoms with Crippen molar-refractivity contribution in [1.29, 1.82) is 0 Å². The summed E-state index contributed by atoms with van der Waals surface area (Å²) in [5, 5.41) is 3.16. The van der Waals surface area contributed by atoms with Gasteiger partial charge in [-0.15, -0.1) is 0 Å². The zero-order valence-corrected chi connectivity index (χ0v) is 10.6. The fourth-order valence-electron chi connectivity index (χ4n) is 2.09. The number of hydrogen-bond acceptors (Lipinski definition) is 4. The molecule has 0 spiro atoms. The fourth-order valence-corrected chi connectivity index (χ4v) is 2.09. The van der Waals surface area contributed by atoms with Crippen LogP contribution < -0.4 is 5.32 Å². The largest absolute Gasteiger partial charge is 0.373 e. The van der Waals surface area contributed by atoms with Gasteiger partial charge in [-0.2, -0.15) is 0 Å². The van der Waals surface area contributed by atoms with Gasteiger partial charge in [-0.1, -0.05) is 0 Å². The van der Waals surface area contributed by atoms with Crippen molar-refractivity contribution in [2.75, 3.05) is 12.4 Å². The zero-order chi connectivity index (χ0) is 12.5. The topological polar surface area (TPSA) is 50.7 Å². The maximum atomic E-state index is 4.73. The molecule has 2 aromatic heterocycles. The lowest BCUT2D eigenvalue weighted by Gasteiger charge is -2.12. The first kappa shape index (κ1) is 11.1. The Morgan fingerprint density at radius 1 is 1.17 bits per heavy atom. The van der Waals surface area contributed by atoms with Crippen LogP contribution in [0.25, 0.3) is 11.3 Å². The first-order chi connectivity index (χ1) is 8.79. The van der Waals surface area contributed by atoms with Crippen LogP contribution >= 0.6 is 0 Å². The van der Waals surface area contributed by atoms with E-state index in [1.165, 1.54) is 12.8 Å². The summed E-state index contributed by atoms with van der Waals surface area (Å²) in [5.41, 5.74) is 3.20. The SMILES string of the molecule is CNc1nc(C2CC2)nc(-c2ccncc2)c1C. The molecule has 1 saturated carbocycles. The molecule has 1 N–H and O–H groups in total. The van der Waals surface area contributed by atoms with Crippen LogP contribution in [0, 0.1) is 6.92 Å². The van der Waals surface area contributed by atoms with Crippen LogP contribution in [0.2, 0.25) is 0 Å². The Balaban J connectivity index is 2.15. The van der Waals surface area contributed by atoms with Crippen LogP contribution in [0.15, 0.2) is 24.5 Å². The lowest BCUT2D eigenvalue weighted by atomic mass is 10.1. The summed E-state index contributed by atoms with van der Waals surface area (Å²) in [4.78, 5) is 13.4. The van der Waals surface area contributed by atoms with Gasteiger partial charge in [0.15, 0.2) is 0 Å². The fraction of sp³-hybridized carbons (Fsp3) is 0.357. The van der Waals surface area contributed by atoms with E-state index in [0.717, 1.165) is 28.5 Å². The van der Waals surface area contributed by atoms with E-state index in [0.29, 0.717) is 5.92 Å². The van der Waals surface area contributed by atoms with Gasteiger partial charge in [0.25, 0.3) is 0 Å². The van der Waals surface area contributed by atoms with Crippen molar-refractivity contribution >= 4 is 5.82 Å². The lowest BCUT2D eigenvalue weighted by Crippen LogP contribution is -2.04. The quantitative estimate of drug-likeness (QED) is 0.896. The first-order valence-corrected chi connectivity index (χ1v) is 6.26. The molecule has 0 unspecified atom stereocenters. The monoisotopic (exact) mass is 240 g/mol. The Morgan fingerprint density at radius 3 is 2.50 bits per heavy atom. The molecule has 0 saturated heterocycles. The minimum Gasteiger partial charge on any atom is -0.373 e. The van der Waals surface area contributed by atoms with Gasteiger partial charge in [0.05, 0.1) is 5.69 Å². The number of nitrogens with one attached hydrogen (secondary N) is 1. The highest BCUT2D eigenvalue weighted by atomic mass is 15.0. The highest BCUT2D eigenvalue weighted by Crippen LogP contribution is 2.40. The maximum Gasteiger partial charge on any atom is 0.134 e. The van der Waals surface area contributed by atoms with Crippen LogP contribution in [0.4, 0.5) is 5.82 Å². The molecule has 0 amide bonds. The molecule has 2 heterocycles. The summed E-state index contributed by atoms with van der Waals surface area (Å²) >= 11 is 0. The van der Waals surface area contributed by atoms with Crippen molar-refractivity contribution in [3.8, 4) is 11.3 Å². The molecule has 1 fully saturated rings. The van der Waals surface area contributed by atoms with Gasteiger partial charge in [-0.05, 0) is 31.9 Å². The molecule has 4 heteroatoms. The van der Waals surface area contributed by atoms with Gasteiger partial charge in [0.1, 0.15) is 11.6 Å². The Morgan fingerprint density at radius 2 is 1.89 bits per heavy atom. The number of rotatable bonds is 3. The van der Waals surface area contributed by atoms with Gasteiger partial charge in [0.2, 0.25) is 0 Å². The number of hydrogen-bond donors (Lipinski definition) is 1. The maximum absolute atomic E-state index is 4.73. The smallest absolute Gasteiger partial charge is 0.134 e. The van der Waals surface area contributed by atoms with E-state index in [4.69, 9.17) is 4.98 Å². The number of nitrogens with zero attached hydrogens (tertiary/aromatic N) is 3. The molecule has 3 rings (SSSR count). The van der Waals surface area contributed by atoms with Gasteiger partial charge >= 0.3 is 0 Å². The normalized spacial score (nSPS) is 14.6. The second-order valence-corrected chi connectivity index (χ2v) is 4.66. The van der Waals surface area contributed by atoms with Gasteiger partial charge in [0, 0.05) is 36.5 Å². The van der Waals surface area contributed by atoms with Crippen LogP contribution in [-0.4, -0.2) is 22.0 Å². The highest BCUT2D eigenvalue weighted by Gasteiger charge is 2.28. The van der Waals surface area contributed by atoms with Crippen molar-refractivity contribution < 1.29 is 0 Å².